The van der Waals surface area contributed by atoms with E-state index < -0.39 is 0 Å². The number of rotatable bonds is 5. The van der Waals surface area contributed by atoms with E-state index >= 15 is 0 Å². The number of amides is 1. The van der Waals surface area contributed by atoms with E-state index in [1.807, 2.05) is 19.1 Å². The van der Waals surface area contributed by atoms with Gasteiger partial charge in [0.05, 0.1) is 12.3 Å². The summed E-state index contributed by atoms with van der Waals surface area (Å²) in [5, 5.41) is 3.04. The molecule has 0 fully saturated rings. The lowest BCUT2D eigenvalue weighted by molar-refractivity contribution is 0.0903. The van der Waals surface area contributed by atoms with Gasteiger partial charge in [-0.15, -0.1) is 0 Å². The summed E-state index contributed by atoms with van der Waals surface area (Å²) in [6.45, 7) is 6.13. The van der Waals surface area contributed by atoms with E-state index in [2.05, 4.69) is 24.1 Å². The first-order chi connectivity index (χ1) is 9.58. The van der Waals surface area contributed by atoms with Gasteiger partial charge in [-0.1, -0.05) is 19.9 Å². The number of carbonyl (C=O) groups excluding carboxylic acids is 1. The number of nitrogens with one attached hydrogen (secondary N) is 1. The van der Waals surface area contributed by atoms with Crippen molar-refractivity contribution >= 4 is 5.91 Å². The van der Waals surface area contributed by atoms with Crippen LogP contribution >= 0.6 is 0 Å². The molecular weight excluding hydrogens is 252 g/mol. The highest BCUT2D eigenvalue weighted by Gasteiger charge is 2.20. The predicted molar refractivity (Wildman–Crippen MR) is 77.3 cm³/mol. The molecular formula is C16H20N2O2. The minimum absolute atomic E-state index is 0.0549. The molecule has 0 aliphatic carbocycles. The van der Waals surface area contributed by atoms with Crippen molar-refractivity contribution < 1.29 is 9.21 Å². The molecule has 2 rings (SSSR count). The number of nitrogens with zero attached hydrogens (tertiary/aromatic N) is 1. The third-order valence-corrected chi connectivity index (χ3v) is 3.17. The van der Waals surface area contributed by atoms with Crippen molar-refractivity contribution in [2.24, 2.45) is 5.92 Å². The minimum atomic E-state index is -0.179. The molecule has 2 aromatic rings. The van der Waals surface area contributed by atoms with Gasteiger partial charge < -0.3 is 9.73 Å². The molecule has 2 aromatic heterocycles. The Balaban J connectivity index is 2.16. The molecule has 0 unspecified atom stereocenters. The topological polar surface area (TPSA) is 55.1 Å². The van der Waals surface area contributed by atoms with Crippen LogP contribution in [0.2, 0.25) is 0 Å². The van der Waals surface area contributed by atoms with Crippen LogP contribution in [0.1, 0.15) is 48.0 Å². The fourth-order valence-electron chi connectivity index (χ4n) is 2.16. The van der Waals surface area contributed by atoms with E-state index in [1.54, 1.807) is 18.5 Å². The first kappa shape index (κ1) is 14.3. The number of carbonyl (C=O) groups is 1. The van der Waals surface area contributed by atoms with Crippen molar-refractivity contribution in [3.05, 3.63) is 53.7 Å². The van der Waals surface area contributed by atoms with Gasteiger partial charge in [0.1, 0.15) is 0 Å². The van der Waals surface area contributed by atoms with Gasteiger partial charge in [-0.05, 0) is 37.0 Å². The number of pyridine rings is 1. The maximum atomic E-state index is 12.3. The summed E-state index contributed by atoms with van der Waals surface area (Å²) >= 11 is 0. The zero-order valence-corrected chi connectivity index (χ0v) is 12.1. The molecule has 1 atom stereocenters. The Morgan fingerprint density at radius 1 is 1.40 bits per heavy atom. The molecule has 106 valence electrons. The Bertz CT molecular complexity index is 561. The van der Waals surface area contributed by atoms with Crippen molar-refractivity contribution in [2.75, 3.05) is 0 Å². The monoisotopic (exact) mass is 272 g/mol. The highest BCUT2D eigenvalue weighted by Crippen LogP contribution is 2.21. The normalized spacial score (nSPS) is 12.4. The molecule has 0 bridgehead atoms. The smallest absolute Gasteiger partial charge is 0.287 e. The number of hydrogen-bond donors (Lipinski definition) is 1. The molecule has 1 N–H and O–H groups in total. The lowest BCUT2D eigenvalue weighted by atomic mass is 9.98. The Morgan fingerprint density at radius 2 is 2.20 bits per heavy atom. The van der Waals surface area contributed by atoms with E-state index in [9.17, 15) is 4.79 Å². The van der Waals surface area contributed by atoms with Crippen molar-refractivity contribution in [3.8, 4) is 0 Å². The second-order valence-electron chi connectivity index (χ2n) is 5.37. The Morgan fingerprint density at radius 3 is 2.75 bits per heavy atom. The Labute approximate surface area is 119 Å². The summed E-state index contributed by atoms with van der Waals surface area (Å²) < 4.78 is 5.24. The maximum absolute atomic E-state index is 12.3. The van der Waals surface area contributed by atoms with Crippen molar-refractivity contribution in [3.63, 3.8) is 0 Å². The Kier molecular flexibility index (Phi) is 4.56. The van der Waals surface area contributed by atoms with Gasteiger partial charge in [-0.2, -0.15) is 0 Å². The quantitative estimate of drug-likeness (QED) is 0.906. The van der Waals surface area contributed by atoms with Crippen molar-refractivity contribution in [1.29, 1.82) is 0 Å². The molecule has 2 heterocycles. The number of furan rings is 1. The number of hydrogen-bond acceptors (Lipinski definition) is 3. The predicted octanol–water partition coefficient (Wildman–Crippen LogP) is 3.50. The molecule has 1 amide bonds. The van der Waals surface area contributed by atoms with Crippen LogP contribution in [0.15, 0.2) is 41.3 Å². The van der Waals surface area contributed by atoms with Crippen LogP contribution in [0, 0.1) is 12.8 Å². The first-order valence-electron chi connectivity index (χ1n) is 6.82. The van der Waals surface area contributed by atoms with Gasteiger partial charge in [-0.25, -0.2) is 0 Å². The summed E-state index contributed by atoms with van der Waals surface area (Å²) in [6.07, 6.45) is 5.92. The van der Waals surface area contributed by atoms with Gasteiger partial charge in [0.25, 0.3) is 5.91 Å². The molecule has 0 aliphatic rings. The highest BCUT2D eigenvalue weighted by atomic mass is 16.3. The average molecular weight is 272 g/mol. The molecule has 0 aliphatic heterocycles. The molecule has 0 saturated carbocycles. The molecule has 4 heteroatoms. The number of aryl methyl sites for hydroxylation is 1. The fraction of sp³-hybridized carbons (Fsp3) is 0.375. The largest absolute Gasteiger partial charge is 0.459 e. The van der Waals surface area contributed by atoms with E-state index in [4.69, 9.17) is 4.42 Å². The van der Waals surface area contributed by atoms with E-state index in [-0.39, 0.29) is 11.9 Å². The molecule has 20 heavy (non-hydrogen) atoms. The minimum Gasteiger partial charge on any atom is -0.459 e. The van der Waals surface area contributed by atoms with Crippen LogP contribution in [-0.4, -0.2) is 10.9 Å². The summed E-state index contributed by atoms with van der Waals surface area (Å²) in [6, 6.07) is 5.60. The second-order valence-corrected chi connectivity index (χ2v) is 5.37. The zero-order chi connectivity index (χ0) is 14.5. The van der Waals surface area contributed by atoms with E-state index in [0.29, 0.717) is 11.7 Å². The summed E-state index contributed by atoms with van der Waals surface area (Å²) in [4.78, 5) is 16.4. The van der Waals surface area contributed by atoms with Crippen LogP contribution in [0.3, 0.4) is 0 Å². The van der Waals surface area contributed by atoms with Gasteiger partial charge in [0.15, 0.2) is 5.76 Å². The first-order valence-corrected chi connectivity index (χ1v) is 6.82. The third kappa shape index (κ3) is 3.47. The summed E-state index contributed by atoms with van der Waals surface area (Å²) in [7, 11) is 0. The standard InChI is InChI=1S/C16H20N2O2/c1-11(2)9-14(13-5-4-7-17-10-13)18-16(19)15-12(3)6-8-20-15/h4-8,10-11,14H,9H2,1-3H3,(H,18,19)/t14-/m1/s1. The molecule has 0 radical (unpaired) electrons. The lowest BCUT2D eigenvalue weighted by Crippen LogP contribution is -2.29. The van der Waals surface area contributed by atoms with Crippen LogP contribution in [0.25, 0.3) is 0 Å². The third-order valence-electron chi connectivity index (χ3n) is 3.17. The SMILES string of the molecule is Cc1ccoc1C(=O)N[C@H](CC(C)C)c1cccnc1. The maximum Gasteiger partial charge on any atom is 0.287 e. The second kappa shape index (κ2) is 6.37. The van der Waals surface area contributed by atoms with Gasteiger partial charge in [0, 0.05) is 18.0 Å². The fourth-order valence-corrected chi connectivity index (χ4v) is 2.16. The molecule has 0 aromatic carbocycles. The summed E-state index contributed by atoms with van der Waals surface area (Å²) in [5.41, 5.74) is 1.86. The van der Waals surface area contributed by atoms with Crippen molar-refractivity contribution in [2.45, 2.75) is 33.2 Å². The number of aromatic nitrogens is 1. The zero-order valence-electron chi connectivity index (χ0n) is 12.1. The molecule has 0 saturated heterocycles. The van der Waals surface area contributed by atoms with Crippen LogP contribution < -0.4 is 5.32 Å². The van der Waals surface area contributed by atoms with E-state index in [1.165, 1.54) is 6.26 Å². The molecule has 0 spiro atoms. The van der Waals surface area contributed by atoms with Crippen LogP contribution in [0.5, 0.6) is 0 Å². The van der Waals surface area contributed by atoms with Crippen molar-refractivity contribution in [1.82, 2.24) is 10.3 Å². The Hall–Kier alpha value is -2.10. The lowest BCUT2D eigenvalue weighted by Gasteiger charge is -2.20. The van der Waals surface area contributed by atoms with Gasteiger partial charge in [0.2, 0.25) is 0 Å². The summed E-state index contributed by atoms with van der Waals surface area (Å²) in [5.74, 6) is 0.669. The van der Waals surface area contributed by atoms with Crippen LogP contribution in [-0.2, 0) is 0 Å². The molecule has 4 nitrogen and oxygen atoms in total. The average Bonchev–Trinajstić information content (AvgIpc) is 2.85. The van der Waals surface area contributed by atoms with E-state index in [0.717, 1.165) is 17.5 Å². The van der Waals surface area contributed by atoms with Gasteiger partial charge in [-0.3, -0.25) is 9.78 Å². The van der Waals surface area contributed by atoms with Gasteiger partial charge >= 0.3 is 0 Å². The highest BCUT2D eigenvalue weighted by molar-refractivity contribution is 5.93. The van der Waals surface area contributed by atoms with Crippen LogP contribution in [0.4, 0.5) is 0 Å².